The zero-order chi connectivity index (χ0) is 13.8. The average Bonchev–Trinajstić information content (AvgIpc) is 2.39. The van der Waals surface area contributed by atoms with E-state index in [-0.39, 0.29) is 11.8 Å². The van der Waals surface area contributed by atoms with Gasteiger partial charge in [-0.25, -0.2) is 5.43 Å². The van der Waals surface area contributed by atoms with Crippen LogP contribution in [-0.4, -0.2) is 17.9 Å². The number of amides is 1. The Kier molecular flexibility index (Phi) is 4.43. The third kappa shape index (κ3) is 3.26. The van der Waals surface area contributed by atoms with E-state index in [9.17, 15) is 4.79 Å². The molecule has 0 aromatic heterocycles. The molecule has 4 heteroatoms. The molecule has 1 aromatic carbocycles. The number of allylic oxidation sites excluding steroid dienone is 1. The molecular formula is C15H18N2OS. The quantitative estimate of drug-likeness (QED) is 0.859. The summed E-state index contributed by atoms with van der Waals surface area (Å²) in [4.78, 5) is 12.5. The molecule has 0 radical (unpaired) electrons. The predicted molar refractivity (Wildman–Crippen MR) is 81.2 cm³/mol. The molecule has 0 saturated carbocycles. The molecule has 1 N–H and O–H groups in total. The van der Waals surface area contributed by atoms with Crippen molar-refractivity contribution >= 4 is 29.5 Å². The minimum Gasteiger partial charge on any atom is -0.273 e. The fraction of sp³-hybridized carbons (Fsp3) is 0.333. The summed E-state index contributed by atoms with van der Waals surface area (Å²) in [7, 11) is 0. The van der Waals surface area contributed by atoms with Crippen molar-refractivity contribution in [3.8, 4) is 0 Å². The highest BCUT2D eigenvalue weighted by molar-refractivity contribution is 7.98. The van der Waals surface area contributed by atoms with Crippen molar-refractivity contribution in [2.24, 2.45) is 11.0 Å². The smallest absolute Gasteiger partial charge is 0.240 e. The van der Waals surface area contributed by atoms with E-state index in [1.165, 1.54) is 10.5 Å². The highest BCUT2D eigenvalue weighted by Gasteiger charge is 2.21. The average molecular weight is 274 g/mol. The van der Waals surface area contributed by atoms with Gasteiger partial charge >= 0.3 is 0 Å². The molecule has 1 amide bonds. The van der Waals surface area contributed by atoms with Gasteiger partial charge in [0.05, 0.1) is 5.71 Å². The second-order valence-electron chi connectivity index (χ2n) is 4.71. The van der Waals surface area contributed by atoms with Gasteiger partial charge in [-0.15, -0.1) is 11.8 Å². The fourth-order valence-corrected chi connectivity index (χ4v) is 2.80. The molecule has 1 aromatic rings. The van der Waals surface area contributed by atoms with Crippen LogP contribution in [0.2, 0.25) is 0 Å². The van der Waals surface area contributed by atoms with Gasteiger partial charge in [-0.1, -0.05) is 25.1 Å². The van der Waals surface area contributed by atoms with Crippen molar-refractivity contribution in [3.63, 3.8) is 0 Å². The highest BCUT2D eigenvalue weighted by Crippen LogP contribution is 2.24. The van der Waals surface area contributed by atoms with E-state index in [1.54, 1.807) is 11.8 Å². The second-order valence-corrected chi connectivity index (χ2v) is 5.55. The topological polar surface area (TPSA) is 41.5 Å². The monoisotopic (exact) mass is 274 g/mol. The maximum atomic E-state index is 11.3. The second kappa shape index (κ2) is 6.06. The number of hydrazone groups is 1. The summed E-state index contributed by atoms with van der Waals surface area (Å²) in [6.07, 6.45) is 4.72. The molecule has 19 heavy (non-hydrogen) atoms. The number of hydrogen-bond acceptors (Lipinski definition) is 3. The SMILES string of the molecule is CSc1ccccc1C=C(C)C1=NNC(=O)CC1C. The Balaban J connectivity index is 2.30. The molecule has 2 rings (SSSR count). The molecule has 1 atom stereocenters. The number of benzene rings is 1. The van der Waals surface area contributed by atoms with Crippen LogP contribution in [0.3, 0.4) is 0 Å². The lowest BCUT2D eigenvalue weighted by Gasteiger charge is -2.19. The molecular weight excluding hydrogens is 256 g/mol. The molecule has 1 aliphatic heterocycles. The Labute approximate surface area is 118 Å². The summed E-state index contributed by atoms with van der Waals surface area (Å²) in [5, 5.41) is 4.19. The lowest BCUT2D eigenvalue weighted by molar-refractivity contribution is -0.121. The predicted octanol–water partition coefficient (Wildman–Crippen LogP) is 3.32. The van der Waals surface area contributed by atoms with E-state index in [0.717, 1.165) is 11.3 Å². The van der Waals surface area contributed by atoms with Gasteiger partial charge in [0.25, 0.3) is 0 Å². The summed E-state index contributed by atoms with van der Waals surface area (Å²) in [6.45, 7) is 4.08. The summed E-state index contributed by atoms with van der Waals surface area (Å²) < 4.78 is 0. The van der Waals surface area contributed by atoms with Crippen LogP contribution in [0.15, 0.2) is 39.8 Å². The van der Waals surface area contributed by atoms with E-state index in [1.807, 2.05) is 26.0 Å². The van der Waals surface area contributed by atoms with E-state index in [0.29, 0.717) is 6.42 Å². The third-order valence-corrected chi connectivity index (χ3v) is 3.99. The maximum Gasteiger partial charge on any atom is 0.240 e. The first-order valence-corrected chi connectivity index (χ1v) is 7.52. The first kappa shape index (κ1) is 13.9. The summed E-state index contributed by atoms with van der Waals surface area (Å²) in [5.74, 6) is 0.167. The highest BCUT2D eigenvalue weighted by atomic mass is 32.2. The Bertz CT molecular complexity index is 549. The fourth-order valence-electron chi connectivity index (χ4n) is 2.22. The van der Waals surface area contributed by atoms with Crippen LogP contribution in [0.25, 0.3) is 6.08 Å². The van der Waals surface area contributed by atoms with Crippen LogP contribution >= 0.6 is 11.8 Å². The number of nitrogens with zero attached hydrogens (tertiary/aromatic N) is 1. The minimum absolute atomic E-state index is 0.00596. The van der Waals surface area contributed by atoms with E-state index in [2.05, 4.69) is 35.0 Å². The normalized spacial score (nSPS) is 19.9. The third-order valence-electron chi connectivity index (χ3n) is 3.17. The Morgan fingerprint density at radius 1 is 1.47 bits per heavy atom. The molecule has 100 valence electrons. The van der Waals surface area contributed by atoms with Crippen molar-refractivity contribution in [2.45, 2.75) is 25.2 Å². The van der Waals surface area contributed by atoms with Crippen molar-refractivity contribution in [1.82, 2.24) is 5.43 Å². The van der Waals surface area contributed by atoms with Gasteiger partial charge in [-0.2, -0.15) is 5.10 Å². The van der Waals surface area contributed by atoms with Crippen LogP contribution in [-0.2, 0) is 4.79 Å². The molecule has 1 heterocycles. The first-order chi connectivity index (χ1) is 9.11. The summed E-state index contributed by atoms with van der Waals surface area (Å²) in [5.41, 5.74) is 5.83. The largest absolute Gasteiger partial charge is 0.273 e. The van der Waals surface area contributed by atoms with Gasteiger partial charge in [0.1, 0.15) is 0 Å². The van der Waals surface area contributed by atoms with Gasteiger partial charge < -0.3 is 0 Å². The first-order valence-electron chi connectivity index (χ1n) is 6.30. The van der Waals surface area contributed by atoms with Gasteiger partial charge in [-0.3, -0.25) is 4.79 Å². The standard InChI is InChI=1S/C15H18N2OS/c1-10(15-11(2)9-14(18)16-17-15)8-12-6-4-5-7-13(12)19-3/h4-8,11H,9H2,1-3H3,(H,16,18). The molecule has 0 fully saturated rings. The van der Waals surface area contributed by atoms with Crippen LogP contribution in [0.5, 0.6) is 0 Å². The molecule has 0 spiro atoms. The van der Waals surface area contributed by atoms with Crippen LogP contribution < -0.4 is 5.43 Å². The zero-order valence-corrected chi connectivity index (χ0v) is 12.3. The van der Waals surface area contributed by atoms with Crippen molar-refractivity contribution < 1.29 is 4.79 Å². The van der Waals surface area contributed by atoms with Gasteiger partial charge in [0, 0.05) is 17.2 Å². The Morgan fingerprint density at radius 3 is 2.89 bits per heavy atom. The Hall–Kier alpha value is -1.55. The molecule has 1 aliphatic rings. The van der Waals surface area contributed by atoms with Crippen molar-refractivity contribution in [3.05, 3.63) is 35.4 Å². The van der Waals surface area contributed by atoms with Crippen LogP contribution in [0.1, 0.15) is 25.8 Å². The van der Waals surface area contributed by atoms with Crippen LogP contribution in [0, 0.1) is 5.92 Å². The number of hydrogen-bond donors (Lipinski definition) is 1. The number of carbonyl (C=O) groups excluding carboxylic acids is 1. The van der Waals surface area contributed by atoms with E-state index < -0.39 is 0 Å². The number of carbonyl (C=O) groups is 1. The molecule has 0 aliphatic carbocycles. The summed E-state index contributed by atoms with van der Waals surface area (Å²) >= 11 is 1.73. The lowest BCUT2D eigenvalue weighted by Crippen LogP contribution is -2.31. The summed E-state index contributed by atoms with van der Waals surface area (Å²) in [6, 6.07) is 8.28. The van der Waals surface area contributed by atoms with Gasteiger partial charge in [0.2, 0.25) is 5.91 Å². The number of nitrogens with one attached hydrogen (secondary N) is 1. The van der Waals surface area contributed by atoms with E-state index in [4.69, 9.17) is 0 Å². The minimum atomic E-state index is -0.00596. The van der Waals surface area contributed by atoms with Crippen molar-refractivity contribution in [2.75, 3.05) is 6.26 Å². The van der Waals surface area contributed by atoms with Gasteiger partial charge in [0.15, 0.2) is 0 Å². The van der Waals surface area contributed by atoms with Crippen LogP contribution in [0.4, 0.5) is 0 Å². The maximum absolute atomic E-state index is 11.3. The molecule has 0 saturated heterocycles. The number of thioether (sulfide) groups is 1. The zero-order valence-electron chi connectivity index (χ0n) is 11.4. The van der Waals surface area contributed by atoms with Gasteiger partial charge in [-0.05, 0) is 36.5 Å². The molecule has 0 bridgehead atoms. The molecule has 3 nitrogen and oxygen atoms in total. The van der Waals surface area contributed by atoms with E-state index >= 15 is 0 Å². The number of rotatable bonds is 3. The Morgan fingerprint density at radius 2 is 2.21 bits per heavy atom. The van der Waals surface area contributed by atoms with Crippen molar-refractivity contribution in [1.29, 1.82) is 0 Å². The lowest BCUT2D eigenvalue weighted by atomic mass is 9.93. The molecule has 1 unspecified atom stereocenters.